The second kappa shape index (κ2) is 2.75. The Kier molecular flexibility index (Phi) is 1.85. The molecule has 0 aliphatic rings. The van der Waals surface area contributed by atoms with Crippen LogP contribution in [0.3, 0.4) is 0 Å². The number of aromatic nitrogens is 2. The van der Waals surface area contributed by atoms with Crippen LogP contribution in [-0.2, 0) is 0 Å². The van der Waals surface area contributed by atoms with Gasteiger partial charge in [0.05, 0.1) is 10.9 Å². The zero-order valence-corrected chi connectivity index (χ0v) is 8.70. The molecule has 0 saturated heterocycles. The molecule has 2 heterocycles. The zero-order chi connectivity index (χ0) is 8.72. The molecule has 0 atom stereocenters. The molecule has 0 radical (unpaired) electrons. The molecule has 0 aliphatic heterocycles. The van der Waals surface area contributed by atoms with Gasteiger partial charge in [-0.05, 0) is 28.9 Å². The van der Waals surface area contributed by atoms with Crippen molar-refractivity contribution in [3.8, 4) is 0 Å². The van der Waals surface area contributed by atoms with Crippen LogP contribution in [0.2, 0.25) is 5.15 Å². The molecule has 4 heteroatoms. The van der Waals surface area contributed by atoms with E-state index in [-0.39, 0.29) is 0 Å². The van der Waals surface area contributed by atoms with Gasteiger partial charge in [0.15, 0.2) is 0 Å². The van der Waals surface area contributed by atoms with Gasteiger partial charge in [-0.2, -0.15) is 0 Å². The van der Waals surface area contributed by atoms with Gasteiger partial charge < -0.3 is 4.98 Å². The summed E-state index contributed by atoms with van der Waals surface area (Å²) in [5, 5.41) is 1.49. The predicted octanol–water partition coefficient (Wildman–Crippen LogP) is 3.29. The number of nitrogens with one attached hydrogen (secondary N) is 1. The number of hydrogen-bond donors (Lipinski definition) is 1. The monoisotopic (exact) mass is 244 g/mol. The lowest BCUT2D eigenvalue weighted by molar-refractivity contribution is 1.22. The van der Waals surface area contributed by atoms with E-state index >= 15 is 0 Å². The van der Waals surface area contributed by atoms with Crippen LogP contribution in [0.25, 0.3) is 10.9 Å². The molecule has 0 bridgehead atoms. The van der Waals surface area contributed by atoms with E-state index in [2.05, 4.69) is 25.9 Å². The van der Waals surface area contributed by atoms with Crippen LogP contribution < -0.4 is 0 Å². The van der Waals surface area contributed by atoms with Gasteiger partial charge in [-0.25, -0.2) is 4.98 Å². The van der Waals surface area contributed by atoms with Crippen LogP contribution in [-0.4, -0.2) is 9.97 Å². The number of pyridine rings is 1. The van der Waals surface area contributed by atoms with Crippen molar-refractivity contribution in [2.75, 3.05) is 0 Å². The third-order valence-electron chi connectivity index (χ3n) is 1.70. The fourth-order valence-corrected chi connectivity index (χ4v) is 2.16. The number of hydrogen-bond acceptors (Lipinski definition) is 1. The molecular formula is C8H6BrClN2. The minimum atomic E-state index is 0.540. The molecule has 0 saturated carbocycles. The molecule has 0 unspecified atom stereocenters. The normalized spacial score (nSPS) is 10.9. The maximum Gasteiger partial charge on any atom is 0.139 e. The van der Waals surface area contributed by atoms with Crippen molar-refractivity contribution in [3.63, 3.8) is 0 Å². The highest BCUT2D eigenvalue weighted by Crippen LogP contribution is 2.29. The molecule has 0 spiro atoms. The van der Waals surface area contributed by atoms with Gasteiger partial charge in [0.25, 0.3) is 0 Å². The molecule has 2 rings (SSSR count). The van der Waals surface area contributed by atoms with Crippen LogP contribution in [0.1, 0.15) is 5.69 Å². The van der Waals surface area contributed by atoms with Crippen molar-refractivity contribution in [2.45, 2.75) is 6.92 Å². The van der Waals surface area contributed by atoms with Crippen LogP contribution in [0.5, 0.6) is 0 Å². The summed E-state index contributed by atoms with van der Waals surface area (Å²) in [4.78, 5) is 7.25. The summed E-state index contributed by atoms with van der Waals surface area (Å²) in [6.07, 6.45) is 1.86. The number of nitrogens with zero attached hydrogens (tertiary/aromatic N) is 1. The molecule has 62 valence electrons. The Bertz CT molecular complexity index is 436. The van der Waals surface area contributed by atoms with Crippen LogP contribution >= 0.6 is 27.5 Å². The molecule has 1 N–H and O–H groups in total. The number of rotatable bonds is 0. The highest BCUT2D eigenvalue weighted by molar-refractivity contribution is 9.10. The molecule has 12 heavy (non-hydrogen) atoms. The Morgan fingerprint density at radius 2 is 2.33 bits per heavy atom. The Balaban J connectivity index is 2.93. The fraction of sp³-hybridized carbons (Fsp3) is 0.125. The van der Waals surface area contributed by atoms with E-state index in [9.17, 15) is 0 Å². The summed E-state index contributed by atoms with van der Waals surface area (Å²) in [5.74, 6) is 0. The lowest BCUT2D eigenvalue weighted by atomic mass is 10.3. The van der Waals surface area contributed by atoms with Gasteiger partial charge in [0, 0.05) is 16.4 Å². The second-order valence-corrected chi connectivity index (χ2v) is 3.83. The number of aryl methyl sites for hydroxylation is 1. The van der Waals surface area contributed by atoms with Crippen molar-refractivity contribution in [3.05, 3.63) is 27.6 Å². The van der Waals surface area contributed by atoms with Gasteiger partial charge in [0.1, 0.15) is 5.15 Å². The Hall–Kier alpha value is -0.540. The van der Waals surface area contributed by atoms with Crippen molar-refractivity contribution < 1.29 is 0 Å². The summed E-state index contributed by atoms with van der Waals surface area (Å²) in [5.41, 5.74) is 1.93. The van der Waals surface area contributed by atoms with Crippen LogP contribution in [0.15, 0.2) is 16.7 Å². The Morgan fingerprint density at radius 3 is 3.08 bits per heavy atom. The fourth-order valence-electron chi connectivity index (χ4n) is 1.19. The molecule has 2 aromatic rings. The maximum absolute atomic E-state index is 5.95. The van der Waals surface area contributed by atoms with E-state index in [1.54, 1.807) is 0 Å². The lowest BCUT2D eigenvalue weighted by Crippen LogP contribution is -1.82. The molecule has 0 amide bonds. The first-order valence-electron chi connectivity index (χ1n) is 3.48. The Labute approximate surface area is 83.1 Å². The van der Waals surface area contributed by atoms with Gasteiger partial charge >= 0.3 is 0 Å². The Morgan fingerprint density at radius 1 is 1.58 bits per heavy atom. The summed E-state index contributed by atoms with van der Waals surface area (Å²) < 4.78 is 0.954. The number of halogens is 2. The second-order valence-electron chi connectivity index (χ2n) is 2.61. The quantitative estimate of drug-likeness (QED) is 0.709. The van der Waals surface area contributed by atoms with Crippen molar-refractivity contribution >= 4 is 38.4 Å². The molecule has 0 aromatic carbocycles. The van der Waals surface area contributed by atoms with E-state index in [1.807, 2.05) is 19.2 Å². The topological polar surface area (TPSA) is 28.7 Å². The third kappa shape index (κ3) is 1.13. The molecule has 0 fully saturated rings. The molecule has 2 nitrogen and oxygen atoms in total. The minimum Gasteiger partial charge on any atom is -0.360 e. The maximum atomic E-state index is 5.95. The smallest absolute Gasteiger partial charge is 0.139 e. The summed E-state index contributed by atoms with van der Waals surface area (Å²) in [6, 6.07) is 1.96. The summed E-state index contributed by atoms with van der Waals surface area (Å²) in [6.45, 7) is 1.92. The van der Waals surface area contributed by atoms with E-state index in [4.69, 9.17) is 11.6 Å². The van der Waals surface area contributed by atoms with E-state index in [0.717, 1.165) is 21.1 Å². The number of aromatic amines is 1. The SMILES string of the molecule is Cc1cc2[nH]cc(Br)c2c(Cl)n1. The molecule has 2 aromatic heterocycles. The first-order chi connectivity index (χ1) is 5.68. The van der Waals surface area contributed by atoms with E-state index in [1.165, 1.54) is 0 Å². The average molecular weight is 246 g/mol. The van der Waals surface area contributed by atoms with E-state index in [0.29, 0.717) is 5.15 Å². The number of fused-ring (bicyclic) bond motifs is 1. The number of H-pyrrole nitrogens is 1. The average Bonchev–Trinajstić information content (AvgIpc) is 2.31. The minimum absolute atomic E-state index is 0.540. The molecule has 0 aliphatic carbocycles. The first kappa shape index (κ1) is 8.08. The molecular weight excluding hydrogens is 239 g/mol. The highest BCUT2D eigenvalue weighted by Gasteiger charge is 2.06. The van der Waals surface area contributed by atoms with Crippen molar-refractivity contribution in [1.29, 1.82) is 0 Å². The van der Waals surface area contributed by atoms with Crippen molar-refractivity contribution in [2.24, 2.45) is 0 Å². The predicted molar refractivity (Wildman–Crippen MR) is 53.5 cm³/mol. The third-order valence-corrected chi connectivity index (χ3v) is 2.60. The lowest BCUT2D eigenvalue weighted by Gasteiger charge is -1.96. The summed E-state index contributed by atoms with van der Waals surface area (Å²) >= 11 is 9.33. The van der Waals surface area contributed by atoms with Crippen LogP contribution in [0, 0.1) is 6.92 Å². The zero-order valence-electron chi connectivity index (χ0n) is 6.36. The van der Waals surface area contributed by atoms with Crippen molar-refractivity contribution in [1.82, 2.24) is 9.97 Å². The van der Waals surface area contributed by atoms with Gasteiger partial charge in [-0.1, -0.05) is 11.6 Å². The largest absolute Gasteiger partial charge is 0.360 e. The van der Waals surface area contributed by atoms with E-state index < -0.39 is 0 Å². The van der Waals surface area contributed by atoms with Crippen LogP contribution in [0.4, 0.5) is 0 Å². The van der Waals surface area contributed by atoms with Gasteiger partial charge in [-0.15, -0.1) is 0 Å². The first-order valence-corrected chi connectivity index (χ1v) is 4.65. The standard InChI is InChI=1S/C8H6BrClN2/c1-4-2-6-7(8(10)12-4)5(9)3-11-6/h2-3,11H,1H3. The van der Waals surface area contributed by atoms with Gasteiger partial charge in [-0.3, -0.25) is 0 Å². The highest BCUT2D eigenvalue weighted by atomic mass is 79.9. The van der Waals surface area contributed by atoms with Gasteiger partial charge in [0.2, 0.25) is 0 Å². The summed E-state index contributed by atoms with van der Waals surface area (Å²) in [7, 11) is 0.